The predicted octanol–water partition coefficient (Wildman–Crippen LogP) is 1.60. The van der Waals surface area contributed by atoms with Gasteiger partial charge < -0.3 is 10.0 Å². The monoisotopic (exact) mass is 199 g/mol. The average molecular weight is 199 g/mol. The van der Waals surface area contributed by atoms with Crippen molar-refractivity contribution in [2.75, 3.05) is 20.1 Å². The summed E-state index contributed by atoms with van der Waals surface area (Å²) in [4.78, 5) is 3.57. The van der Waals surface area contributed by atoms with Crippen LogP contribution in [-0.4, -0.2) is 36.2 Å². The van der Waals surface area contributed by atoms with Gasteiger partial charge in [-0.1, -0.05) is 6.07 Å². The molecular formula is C10H17NOS. The minimum Gasteiger partial charge on any atom is -0.392 e. The summed E-state index contributed by atoms with van der Waals surface area (Å²) in [6, 6.07) is 4.23. The molecule has 2 nitrogen and oxygen atoms in total. The van der Waals surface area contributed by atoms with Crippen LogP contribution in [0.4, 0.5) is 0 Å². The lowest BCUT2D eigenvalue weighted by molar-refractivity contribution is 0.142. The number of likely N-dealkylation sites (N-methyl/N-ethyl adjacent to an activating group) is 1. The van der Waals surface area contributed by atoms with Crippen molar-refractivity contribution >= 4 is 11.3 Å². The van der Waals surface area contributed by atoms with Crippen LogP contribution in [-0.2, 0) is 6.42 Å². The SMILES string of the molecule is C[C@@H](O)CN(C)CCc1cccs1. The molecule has 0 aliphatic rings. The Labute approximate surface area is 83.8 Å². The molecule has 3 heteroatoms. The zero-order chi connectivity index (χ0) is 9.68. The zero-order valence-corrected chi connectivity index (χ0v) is 9.05. The van der Waals surface area contributed by atoms with Gasteiger partial charge in [0.2, 0.25) is 0 Å². The zero-order valence-electron chi connectivity index (χ0n) is 8.23. The lowest BCUT2D eigenvalue weighted by Crippen LogP contribution is -2.28. The molecule has 0 spiro atoms. The van der Waals surface area contributed by atoms with Gasteiger partial charge in [-0.15, -0.1) is 11.3 Å². The fraction of sp³-hybridized carbons (Fsp3) is 0.600. The minimum atomic E-state index is -0.228. The van der Waals surface area contributed by atoms with Crippen LogP contribution in [0.3, 0.4) is 0 Å². The summed E-state index contributed by atoms with van der Waals surface area (Å²) in [6.45, 7) is 3.60. The summed E-state index contributed by atoms with van der Waals surface area (Å²) < 4.78 is 0. The van der Waals surface area contributed by atoms with E-state index >= 15 is 0 Å². The average Bonchev–Trinajstić information content (AvgIpc) is 2.51. The Morgan fingerprint density at radius 3 is 2.92 bits per heavy atom. The van der Waals surface area contributed by atoms with Crippen molar-refractivity contribution in [3.8, 4) is 0 Å². The van der Waals surface area contributed by atoms with E-state index in [-0.39, 0.29) is 6.10 Å². The van der Waals surface area contributed by atoms with E-state index in [1.807, 2.05) is 14.0 Å². The summed E-state index contributed by atoms with van der Waals surface area (Å²) >= 11 is 1.79. The van der Waals surface area contributed by atoms with Crippen molar-refractivity contribution in [1.29, 1.82) is 0 Å². The highest BCUT2D eigenvalue weighted by atomic mass is 32.1. The molecule has 1 aromatic heterocycles. The first-order chi connectivity index (χ1) is 6.18. The Balaban J connectivity index is 2.19. The van der Waals surface area contributed by atoms with Crippen LogP contribution < -0.4 is 0 Å². The Morgan fingerprint density at radius 1 is 1.62 bits per heavy atom. The summed E-state index contributed by atoms with van der Waals surface area (Å²) in [6.07, 6.45) is 0.856. The predicted molar refractivity (Wildman–Crippen MR) is 57.2 cm³/mol. The van der Waals surface area contributed by atoms with Crippen LogP contribution in [0.25, 0.3) is 0 Å². The molecule has 0 aliphatic heterocycles. The van der Waals surface area contributed by atoms with Gasteiger partial charge in [-0.3, -0.25) is 0 Å². The van der Waals surface area contributed by atoms with E-state index < -0.39 is 0 Å². The fourth-order valence-corrected chi connectivity index (χ4v) is 2.00. The van der Waals surface area contributed by atoms with E-state index in [1.165, 1.54) is 4.88 Å². The summed E-state index contributed by atoms with van der Waals surface area (Å²) in [5.41, 5.74) is 0. The normalized spacial score (nSPS) is 13.5. The van der Waals surface area contributed by atoms with Crippen LogP contribution in [0.5, 0.6) is 0 Å². The lowest BCUT2D eigenvalue weighted by Gasteiger charge is -2.17. The Kier molecular flexibility index (Phi) is 4.42. The van der Waals surface area contributed by atoms with Gasteiger partial charge in [0.05, 0.1) is 6.10 Å². The quantitative estimate of drug-likeness (QED) is 0.778. The van der Waals surface area contributed by atoms with E-state index in [9.17, 15) is 0 Å². The molecule has 1 aromatic rings. The number of rotatable bonds is 5. The van der Waals surface area contributed by atoms with Gasteiger partial charge in [-0.2, -0.15) is 0 Å². The van der Waals surface area contributed by atoms with E-state index in [0.717, 1.165) is 19.5 Å². The summed E-state index contributed by atoms with van der Waals surface area (Å²) in [5.74, 6) is 0. The van der Waals surface area contributed by atoms with Crippen molar-refractivity contribution in [3.63, 3.8) is 0 Å². The molecule has 0 saturated carbocycles. The molecular weight excluding hydrogens is 182 g/mol. The Morgan fingerprint density at radius 2 is 2.38 bits per heavy atom. The molecule has 1 N–H and O–H groups in total. The van der Waals surface area contributed by atoms with E-state index in [1.54, 1.807) is 11.3 Å². The fourth-order valence-electron chi connectivity index (χ4n) is 1.30. The van der Waals surface area contributed by atoms with Crippen LogP contribution in [0.1, 0.15) is 11.8 Å². The Bertz CT molecular complexity index is 221. The first-order valence-electron chi connectivity index (χ1n) is 4.57. The highest BCUT2D eigenvalue weighted by Crippen LogP contribution is 2.09. The van der Waals surface area contributed by atoms with Gasteiger partial charge in [-0.25, -0.2) is 0 Å². The van der Waals surface area contributed by atoms with Gasteiger partial charge in [-0.05, 0) is 31.8 Å². The minimum absolute atomic E-state index is 0.228. The summed E-state index contributed by atoms with van der Waals surface area (Å²) in [7, 11) is 2.04. The Hall–Kier alpha value is -0.380. The molecule has 1 atom stereocenters. The third-order valence-corrected chi connectivity index (χ3v) is 2.83. The van der Waals surface area contributed by atoms with Gasteiger partial charge in [0.1, 0.15) is 0 Å². The molecule has 0 aromatic carbocycles. The smallest absolute Gasteiger partial charge is 0.0638 e. The van der Waals surface area contributed by atoms with E-state index in [0.29, 0.717) is 0 Å². The highest BCUT2D eigenvalue weighted by Gasteiger charge is 2.02. The molecule has 0 fully saturated rings. The number of hydrogen-bond acceptors (Lipinski definition) is 3. The van der Waals surface area contributed by atoms with Gasteiger partial charge in [0.15, 0.2) is 0 Å². The molecule has 0 amide bonds. The van der Waals surface area contributed by atoms with Crippen molar-refractivity contribution in [2.24, 2.45) is 0 Å². The number of aliphatic hydroxyl groups excluding tert-OH is 1. The second kappa shape index (κ2) is 5.37. The third-order valence-electron chi connectivity index (χ3n) is 1.90. The number of aliphatic hydroxyl groups is 1. The molecule has 1 rings (SSSR count). The standard InChI is InChI=1S/C10H17NOS/c1-9(12)8-11(2)6-5-10-4-3-7-13-10/h3-4,7,9,12H,5-6,8H2,1-2H3/t9-/m1/s1. The van der Waals surface area contributed by atoms with Gasteiger partial charge in [0.25, 0.3) is 0 Å². The number of thiophene rings is 1. The highest BCUT2D eigenvalue weighted by molar-refractivity contribution is 7.09. The largest absolute Gasteiger partial charge is 0.392 e. The molecule has 0 bridgehead atoms. The van der Waals surface area contributed by atoms with Crippen LogP contribution in [0.2, 0.25) is 0 Å². The molecule has 1 heterocycles. The molecule has 0 aliphatic carbocycles. The molecule has 0 saturated heterocycles. The van der Waals surface area contributed by atoms with Crippen LogP contribution in [0, 0.1) is 0 Å². The first-order valence-corrected chi connectivity index (χ1v) is 5.45. The van der Waals surface area contributed by atoms with E-state index in [2.05, 4.69) is 22.4 Å². The summed E-state index contributed by atoms with van der Waals surface area (Å²) in [5, 5.41) is 11.2. The van der Waals surface area contributed by atoms with Crippen molar-refractivity contribution < 1.29 is 5.11 Å². The topological polar surface area (TPSA) is 23.5 Å². The van der Waals surface area contributed by atoms with E-state index in [4.69, 9.17) is 5.11 Å². The van der Waals surface area contributed by atoms with Crippen molar-refractivity contribution in [1.82, 2.24) is 4.90 Å². The maximum Gasteiger partial charge on any atom is 0.0638 e. The lowest BCUT2D eigenvalue weighted by atomic mass is 10.3. The third kappa shape index (κ3) is 4.41. The van der Waals surface area contributed by atoms with Gasteiger partial charge in [0, 0.05) is 18.0 Å². The molecule has 74 valence electrons. The second-order valence-corrected chi connectivity index (χ2v) is 4.47. The molecule has 0 unspecified atom stereocenters. The first kappa shape index (κ1) is 10.7. The van der Waals surface area contributed by atoms with Gasteiger partial charge >= 0.3 is 0 Å². The molecule has 0 radical (unpaired) electrons. The van der Waals surface area contributed by atoms with Crippen LogP contribution >= 0.6 is 11.3 Å². The maximum atomic E-state index is 9.14. The molecule has 13 heavy (non-hydrogen) atoms. The number of hydrogen-bond donors (Lipinski definition) is 1. The van der Waals surface area contributed by atoms with Crippen molar-refractivity contribution in [3.05, 3.63) is 22.4 Å². The van der Waals surface area contributed by atoms with Crippen LogP contribution in [0.15, 0.2) is 17.5 Å². The van der Waals surface area contributed by atoms with Crippen molar-refractivity contribution in [2.45, 2.75) is 19.4 Å². The second-order valence-electron chi connectivity index (χ2n) is 3.44. The maximum absolute atomic E-state index is 9.14. The number of nitrogens with zero attached hydrogens (tertiary/aromatic N) is 1.